The summed E-state index contributed by atoms with van der Waals surface area (Å²) < 4.78 is 19.2. The van der Waals surface area contributed by atoms with E-state index >= 15 is 0 Å². The Labute approximate surface area is 231 Å². The van der Waals surface area contributed by atoms with Crippen molar-refractivity contribution in [2.45, 2.75) is 51.5 Å². The van der Waals surface area contributed by atoms with E-state index in [1.165, 1.54) is 0 Å². The van der Waals surface area contributed by atoms with Crippen LogP contribution in [-0.4, -0.2) is 49.4 Å². The third-order valence-electron chi connectivity index (χ3n) is 7.19. The van der Waals surface area contributed by atoms with Crippen LogP contribution in [0.5, 0.6) is 5.75 Å². The molecule has 0 aliphatic carbocycles. The summed E-state index contributed by atoms with van der Waals surface area (Å²) in [6, 6.07) is 21.0. The molecule has 1 saturated heterocycles. The van der Waals surface area contributed by atoms with Gasteiger partial charge in [-0.2, -0.15) is 0 Å². The molecule has 206 valence electrons. The van der Waals surface area contributed by atoms with Crippen LogP contribution in [0, 0.1) is 0 Å². The van der Waals surface area contributed by atoms with Gasteiger partial charge in [-0.25, -0.2) is 4.68 Å². The molecule has 0 saturated carbocycles. The fourth-order valence-electron chi connectivity index (χ4n) is 5.34. The number of hydrogen-bond acceptors (Lipinski definition) is 8. The number of rotatable bonds is 11. The second-order valence-electron chi connectivity index (χ2n) is 9.96. The topological polar surface area (TPSA) is 111 Å². The minimum absolute atomic E-state index is 0.0270. The highest BCUT2D eigenvalue weighted by atomic mass is 16.5. The van der Waals surface area contributed by atoms with Crippen molar-refractivity contribution >= 4 is 10.9 Å². The molecular formula is C30H32N6O4. The lowest BCUT2D eigenvalue weighted by molar-refractivity contribution is 0.0901. The maximum atomic E-state index is 13.8. The molecule has 5 aromatic rings. The number of H-pyrrole nitrogens is 1. The quantitative estimate of drug-likeness (QED) is 0.261. The molecule has 10 nitrogen and oxygen atoms in total. The first-order valence-electron chi connectivity index (χ1n) is 13.7. The molecule has 2 aromatic carbocycles. The molecule has 40 heavy (non-hydrogen) atoms. The number of fused-ring (bicyclic) bond motifs is 1. The van der Waals surface area contributed by atoms with Crippen LogP contribution in [0.4, 0.5) is 0 Å². The molecule has 0 bridgehead atoms. The Morgan fingerprint density at radius 1 is 1.12 bits per heavy atom. The number of hydrogen-bond donors (Lipinski definition) is 1. The number of aromatic nitrogens is 5. The monoisotopic (exact) mass is 540 g/mol. The first-order valence-corrected chi connectivity index (χ1v) is 13.7. The smallest absolute Gasteiger partial charge is 0.253 e. The van der Waals surface area contributed by atoms with Crippen LogP contribution in [0.2, 0.25) is 0 Å². The lowest BCUT2D eigenvalue weighted by atomic mass is 10.0. The van der Waals surface area contributed by atoms with Crippen molar-refractivity contribution in [3.8, 4) is 5.75 Å². The number of benzene rings is 2. The van der Waals surface area contributed by atoms with Crippen LogP contribution in [0.15, 0.2) is 82.2 Å². The SMILES string of the molecule is CCOc1ccc2[nH]c(=O)c([C@@H](c3nnnn3C[C@@H]3CCCO3)N(Cc3ccccc3)Cc3ccco3)cc2c1. The van der Waals surface area contributed by atoms with Crippen LogP contribution in [0.3, 0.4) is 0 Å². The van der Waals surface area contributed by atoms with Crippen LogP contribution in [0.25, 0.3) is 10.9 Å². The summed E-state index contributed by atoms with van der Waals surface area (Å²) in [6.45, 7) is 4.72. The van der Waals surface area contributed by atoms with Crippen molar-refractivity contribution in [2.75, 3.05) is 13.2 Å². The minimum Gasteiger partial charge on any atom is -0.494 e. The highest BCUT2D eigenvalue weighted by Gasteiger charge is 2.32. The molecule has 1 fully saturated rings. The average Bonchev–Trinajstić information content (AvgIpc) is 3.75. The van der Waals surface area contributed by atoms with E-state index in [4.69, 9.17) is 13.9 Å². The standard InChI is InChI=1S/C30H32N6O4/c1-2-38-23-12-13-27-22(16-23)17-26(30(37)31-27)28(29-32-33-34-36(29)20-25-11-7-15-40-25)35(19-24-10-6-14-39-24)18-21-8-4-3-5-9-21/h3-6,8-10,12-14,16-17,25,28H,2,7,11,15,18-20H2,1H3,(H,31,37)/t25-,28-/m0/s1. The number of aromatic amines is 1. The van der Waals surface area contributed by atoms with Gasteiger partial charge in [0, 0.05) is 29.6 Å². The molecule has 3 aromatic heterocycles. The van der Waals surface area contributed by atoms with E-state index < -0.39 is 6.04 Å². The van der Waals surface area contributed by atoms with Gasteiger partial charge in [0.1, 0.15) is 17.6 Å². The van der Waals surface area contributed by atoms with Crippen molar-refractivity contribution in [3.63, 3.8) is 0 Å². The van der Waals surface area contributed by atoms with Crippen molar-refractivity contribution in [1.82, 2.24) is 30.1 Å². The van der Waals surface area contributed by atoms with Crippen LogP contribution in [-0.2, 0) is 24.4 Å². The predicted molar refractivity (Wildman–Crippen MR) is 149 cm³/mol. The number of nitrogens with zero attached hydrogens (tertiary/aromatic N) is 5. The Bertz CT molecular complexity index is 1590. The number of ether oxygens (including phenoxy) is 2. The van der Waals surface area contributed by atoms with Gasteiger partial charge >= 0.3 is 0 Å². The summed E-state index contributed by atoms with van der Waals surface area (Å²) in [4.78, 5) is 19.0. The molecule has 0 amide bonds. The average molecular weight is 541 g/mol. The predicted octanol–water partition coefficient (Wildman–Crippen LogP) is 4.48. The third kappa shape index (κ3) is 5.68. The molecule has 1 aliphatic heterocycles. The largest absolute Gasteiger partial charge is 0.494 e. The normalized spacial score (nSPS) is 16.1. The summed E-state index contributed by atoms with van der Waals surface area (Å²) in [6.07, 6.45) is 3.64. The molecule has 0 spiro atoms. The van der Waals surface area contributed by atoms with Crippen molar-refractivity contribution in [1.29, 1.82) is 0 Å². The van der Waals surface area contributed by atoms with Gasteiger partial charge < -0.3 is 18.9 Å². The van der Waals surface area contributed by atoms with E-state index in [1.807, 2.05) is 61.5 Å². The lowest BCUT2D eigenvalue weighted by Gasteiger charge is -2.30. The molecule has 10 heteroatoms. The fourth-order valence-corrected chi connectivity index (χ4v) is 5.34. The van der Waals surface area contributed by atoms with Crippen molar-refractivity contribution < 1.29 is 13.9 Å². The third-order valence-corrected chi connectivity index (χ3v) is 7.19. The highest BCUT2D eigenvalue weighted by molar-refractivity contribution is 5.80. The summed E-state index contributed by atoms with van der Waals surface area (Å²) in [5.41, 5.74) is 2.15. The van der Waals surface area contributed by atoms with Gasteiger partial charge in [-0.1, -0.05) is 30.3 Å². The van der Waals surface area contributed by atoms with E-state index in [0.29, 0.717) is 37.6 Å². The molecular weight excluding hydrogens is 508 g/mol. The van der Waals surface area contributed by atoms with Gasteiger partial charge in [0.15, 0.2) is 5.82 Å². The minimum atomic E-state index is -0.578. The Balaban J connectivity index is 1.50. The summed E-state index contributed by atoms with van der Waals surface area (Å²) in [5.74, 6) is 2.09. The van der Waals surface area contributed by atoms with Crippen LogP contribution < -0.4 is 10.3 Å². The van der Waals surface area contributed by atoms with Gasteiger partial charge in [-0.3, -0.25) is 9.69 Å². The Hall–Kier alpha value is -4.28. The number of nitrogens with one attached hydrogen (secondary N) is 1. The maximum Gasteiger partial charge on any atom is 0.253 e. The summed E-state index contributed by atoms with van der Waals surface area (Å²) in [5, 5.41) is 13.7. The lowest BCUT2D eigenvalue weighted by Crippen LogP contribution is -2.35. The zero-order chi connectivity index (χ0) is 27.3. The summed E-state index contributed by atoms with van der Waals surface area (Å²) >= 11 is 0. The van der Waals surface area contributed by atoms with E-state index in [-0.39, 0.29) is 11.7 Å². The number of furan rings is 1. The second-order valence-corrected chi connectivity index (χ2v) is 9.96. The first kappa shape index (κ1) is 26.0. The summed E-state index contributed by atoms with van der Waals surface area (Å²) in [7, 11) is 0. The zero-order valence-corrected chi connectivity index (χ0v) is 22.4. The molecule has 2 atom stereocenters. The van der Waals surface area contributed by atoms with Crippen LogP contribution >= 0.6 is 0 Å². The van der Waals surface area contributed by atoms with Gasteiger partial charge in [-0.15, -0.1) is 5.10 Å². The fraction of sp³-hybridized carbons (Fsp3) is 0.333. The van der Waals surface area contributed by atoms with E-state index in [9.17, 15) is 4.79 Å². The second kappa shape index (κ2) is 11.8. The molecule has 0 unspecified atom stereocenters. The maximum absolute atomic E-state index is 13.8. The Morgan fingerprint density at radius 2 is 2.02 bits per heavy atom. The van der Waals surface area contributed by atoms with Gasteiger partial charge in [-0.05, 0) is 72.2 Å². The number of pyridine rings is 1. The molecule has 1 N–H and O–H groups in total. The molecule has 1 aliphatic rings. The zero-order valence-electron chi connectivity index (χ0n) is 22.4. The van der Waals surface area contributed by atoms with Crippen molar-refractivity contribution in [2.24, 2.45) is 0 Å². The Morgan fingerprint density at radius 3 is 2.80 bits per heavy atom. The van der Waals surface area contributed by atoms with Crippen LogP contribution in [0.1, 0.15) is 48.5 Å². The first-order chi connectivity index (χ1) is 19.7. The Kier molecular flexibility index (Phi) is 7.69. The van der Waals surface area contributed by atoms with Gasteiger partial charge in [0.2, 0.25) is 0 Å². The van der Waals surface area contributed by atoms with E-state index in [2.05, 4.69) is 37.5 Å². The molecule has 6 rings (SSSR count). The van der Waals surface area contributed by atoms with Gasteiger partial charge in [0.25, 0.3) is 5.56 Å². The molecule has 4 heterocycles. The highest BCUT2D eigenvalue weighted by Crippen LogP contribution is 2.31. The van der Waals surface area contributed by atoms with E-state index in [0.717, 1.165) is 47.4 Å². The van der Waals surface area contributed by atoms with Gasteiger partial charge in [0.05, 0.1) is 32.1 Å². The molecule has 0 radical (unpaired) electrons. The van der Waals surface area contributed by atoms with Crippen molar-refractivity contribution in [3.05, 3.63) is 106 Å². The van der Waals surface area contributed by atoms with E-state index in [1.54, 1.807) is 10.9 Å². The number of tetrazole rings is 1.